The maximum absolute atomic E-state index is 12.6. The van der Waals surface area contributed by atoms with Gasteiger partial charge in [0.05, 0.1) is 11.5 Å². The topological polar surface area (TPSA) is 69.6 Å². The summed E-state index contributed by atoms with van der Waals surface area (Å²) in [6, 6.07) is 7.10. The van der Waals surface area contributed by atoms with Crippen molar-refractivity contribution in [2.75, 3.05) is 26.2 Å². The molecule has 1 unspecified atom stereocenters. The molecule has 0 saturated carbocycles. The van der Waals surface area contributed by atoms with Crippen LogP contribution in [0.2, 0.25) is 0 Å². The fourth-order valence-corrected chi connectivity index (χ4v) is 3.81. The molecule has 0 aliphatic carbocycles. The monoisotopic (exact) mass is 314 g/mol. The van der Waals surface area contributed by atoms with Gasteiger partial charge in [-0.15, -0.1) is 0 Å². The van der Waals surface area contributed by atoms with Crippen LogP contribution >= 0.6 is 0 Å². The van der Waals surface area contributed by atoms with Gasteiger partial charge in [-0.2, -0.15) is 4.31 Å². The predicted octanol–water partition coefficient (Wildman–Crippen LogP) is 1.75. The van der Waals surface area contributed by atoms with E-state index < -0.39 is 10.0 Å². The Bertz CT molecular complexity index is 525. The van der Waals surface area contributed by atoms with Crippen LogP contribution in [0.25, 0.3) is 0 Å². The number of aliphatic hydroxyl groups excluding tert-OH is 1. The van der Waals surface area contributed by atoms with Gasteiger partial charge < -0.3 is 10.4 Å². The molecule has 5 nitrogen and oxygen atoms in total. The number of rotatable bonds is 9. The second-order valence-corrected chi connectivity index (χ2v) is 6.92. The van der Waals surface area contributed by atoms with E-state index in [0.717, 1.165) is 12.1 Å². The molecule has 120 valence electrons. The molecule has 0 aromatic heterocycles. The Morgan fingerprint density at radius 2 is 2.00 bits per heavy atom. The van der Waals surface area contributed by atoms with E-state index in [4.69, 9.17) is 5.11 Å². The largest absolute Gasteiger partial charge is 0.395 e. The molecule has 1 aromatic rings. The van der Waals surface area contributed by atoms with Crippen molar-refractivity contribution in [2.45, 2.75) is 38.1 Å². The molecule has 6 heteroatoms. The number of hydrogen-bond acceptors (Lipinski definition) is 4. The number of benzene rings is 1. The summed E-state index contributed by atoms with van der Waals surface area (Å²) >= 11 is 0. The van der Waals surface area contributed by atoms with E-state index in [1.165, 1.54) is 4.31 Å². The van der Waals surface area contributed by atoms with Crippen molar-refractivity contribution in [3.8, 4) is 0 Å². The lowest BCUT2D eigenvalue weighted by molar-refractivity contribution is 0.253. The van der Waals surface area contributed by atoms with Gasteiger partial charge in [0.2, 0.25) is 10.0 Å². The first-order valence-corrected chi connectivity index (χ1v) is 8.85. The van der Waals surface area contributed by atoms with Crippen LogP contribution in [0.4, 0.5) is 0 Å². The van der Waals surface area contributed by atoms with E-state index in [9.17, 15) is 8.42 Å². The summed E-state index contributed by atoms with van der Waals surface area (Å²) in [5.41, 5.74) is 0.943. The molecule has 1 rings (SSSR count). The summed E-state index contributed by atoms with van der Waals surface area (Å²) in [7, 11) is -3.55. The molecule has 0 bridgehead atoms. The van der Waals surface area contributed by atoms with Gasteiger partial charge in [0, 0.05) is 19.1 Å². The second-order valence-electron chi connectivity index (χ2n) is 4.98. The maximum Gasteiger partial charge on any atom is 0.243 e. The van der Waals surface area contributed by atoms with Crippen LogP contribution < -0.4 is 5.32 Å². The van der Waals surface area contributed by atoms with E-state index in [1.807, 2.05) is 26.8 Å². The Labute approximate surface area is 128 Å². The number of nitrogens with zero attached hydrogens (tertiary/aromatic N) is 1. The minimum absolute atomic E-state index is 0.0996. The Kier molecular flexibility index (Phi) is 7.31. The first-order chi connectivity index (χ1) is 9.97. The van der Waals surface area contributed by atoms with Crippen LogP contribution in [0, 0.1) is 0 Å². The van der Waals surface area contributed by atoms with Crippen molar-refractivity contribution in [1.82, 2.24) is 9.62 Å². The van der Waals surface area contributed by atoms with Gasteiger partial charge in [-0.1, -0.05) is 26.0 Å². The molecule has 2 N–H and O–H groups in total. The third-order valence-electron chi connectivity index (χ3n) is 3.33. The molecule has 0 spiro atoms. The van der Waals surface area contributed by atoms with Crippen LogP contribution in [0.15, 0.2) is 29.2 Å². The predicted molar refractivity (Wildman–Crippen MR) is 84.7 cm³/mol. The molecule has 1 atom stereocenters. The molecule has 0 radical (unpaired) electrons. The molecule has 0 aliphatic heterocycles. The summed E-state index contributed by atoms with van der Waals surface area (Å²) in [4.78, 5) is 0.284. The van der Waals surface area contributed by atoms with Gasteiger partial charge in [0.1, 0.15) is 0 Å². The van der Waals surface area contributed by atoms with Gasteiger partial charge in [0.25, 0.3) is 0 Å². The minimum atomic E-state index is -3.55. The van der Waals surface area contributed by atoms with Gasteiger partial charge in [-0.25, -0.2) is 8.42 Å². The van der Waals surface area contributed by atoms with Crippen molar-refractivity contribution >= 4 is 10.0 Å². The number of aliphatic hydroxyl groups is 1. The van der Waals surface area contributed by atoms with Crippen molar-refractivity contribution in [3.05, 3.63) is 29.8 Å². The lowest BCUT2D eigenvalue weighted by Crippen LogP contribution is -2.34. The van der Waals surface area contributed by atoms with E-state index in [0.29, 0.717) is 13.0 Å². The third kappa shape index (κ3) is 4.78. The smallest absolute Gasteiger partial charge is 0.243 e. The Balaban J connectivity index is 3.09. The molecule has 1 aromatic carbocycles. The molecular weight excluding hydrogens is 288 g/mol. The second kappa shape index (κ2) is 8.48. The highest BCUT2D eigenvalue weighted by atomic mass is 32.2. The summed E-state index contributed by atoms with van der Waals surface area (Å²) < 4.78 is 26.6. The third-order valence-corrected chi connectivity index (χ3v) is 5.22. The zero-order valence-corrected chi connectivity index (χ0v) is 13.9. The summed E-state index contributed by atoms with van der Waals surface area (Å²) in [5.74, 6) is 0. The quantitative estimate of drug-likeness (QED) is 0.728. The van der Waals surface area contributed by atoms with Gasteiger partial charge >= 0.3 is 0 Å². The van der Waals surface area contributed by atoms with Crippen molar-refractivity contribution in [2.24, 2.45) is 0 Å². The average Bonchev–Trinajstić information content (AvgIpc) is 2.47. The fourth-order valence-electron chi connectivity index (χ4n) is 2.23. The fraction of sp³-hybridized carbons (Fsp3) is 0.600. The lowest BCUT2D eigenvalue weighted by Gasteiger charge is -2.21. The van der Waals surface area contributed by atoms with Crippen LogP contribution in [0.1, 0.15) is 38.8 Å². The standard InChI is InChI=1S/C15H26N2O3S/c1-4-9-17(10-11-18)21(19,20)15-8-6-7-14(12-15)13(3)16-5-2/h6-8,12-13,16,18H,4-5,9-11H2,1-3H3. The number of sulfonamides is 1. The van der Waals surface area contributed by atoms with Crippen LogP contribution in [0.3, 0.4) is 0 Å². The number of hydrogen-bond donors (Lipinski definition) is 2. The van der Waals surface area contributed by atoms with Crippen LogP contribution in [-0.2, 0) is 10.0 Å². The molecule has 0 saturated heterocycles. The Morgan fingerprint density at radius 3 is 2.57 bits per heavy atom. The molecule has 0 heterocycles. The molecule has 21 heavy (non-hydrogen) atoms. The summed E-state index contributed by atoms with van der Waals surface area (Å²) in [6.45, 7) is 7.13. The highest BCUT2D eigenvalue weighted by Crippen LogP contribution is 2.20. The van der Waals surface area contributed by atoms with Gasteiger partial charge in [0.15, 0.2) is 0 Å². The number of nitrogens with one attached hydrogen (secondary N) is 1. The maximum atomic E-state index is 12.6. The van der Waals surface area contributed by atoms with E-state index in [2.05, 4.69) is 5.32 Å². The first kappa shape index (κ1) is 18.1. The summed E-state index contributed by atoms with van der Waals surface area (Å²) in [5, 5.41) is 12.3. The lowest BCUT2D eigenvalue weighted by atomic mass is 10.1. The zero-order chi connectivity index (χ0) is 15.9. The average molecular weight is 314 g/mol. The Hall–Kier alpha value is -0.950. The van der Waals surface area contributed by atoms with E-state index in [-0.39, 0.29) is 24.1 Å². The van der Waals surface area contributed by atoms with Crippen molar-refractivity contribution in [1.29, 1.82) is 0 Å². The molecule has 0 amide bonds. The van der Waals surface area contributed by atoms with Crippen LogP contribution in [-0.4, -0.2) is 44.1 Å². The highest BCUT2D eigenvalue weighted by Gasteiger charge is 2.23. The van der Waals surface area contributed by atoms with E-state index in [1.54, 1.807) is 18.2 Å². The normalized spacial score (nSPS) is 13.6. The van der Waals surface area contributed by atoms with Gasteiger partial charge in [-0.05, 0) is 37.6 Å². The van der Waals surface area contributed by atoms with Crippen molar-refractivity contribution in [3.63, 3.8) is 0 Å². The van der Waals surface area contributed by atoms with E-state index >= 15 is 0 Å². The SMILES string of the molecule is CCCN(CCO)S(=O)(=O)c1cccc(C(C)NCC)c1. The summed E-state index contributed by atoms with van der Waals surface area (Å²) in [6.07, 6.45) is 0.715. The molecule has 0 fully saturated rings. The molecular formula is C15H26N2O3S. The van der Waals surface area contributed by atoms with Gasteiger partial charge in [-0.3, -0.25) is 0 Å². The first-order valence-electron chi connectivity index (χ1n) is 7.41. The Morgan fingerprint density at radius 1 is 1.29 bits per heavy atom. The van der Waals surface area contributed by atoms with Crippen molar-refractivity contribution < 1.29 is 13.5 Å². The molecule has 0 aliphatic rings. The van der Waals surface area contributed by atoms with Crippen LogP contribution in [0.5, 0.6) is 0 Å². The zero-order valence-electron chi connectivity index (χ0n) is 13.0. The minimum Gasteiger partial charge on any atom is -0.395 e. The highest BCUT2D eigenvalue weighted by molar-refractivity contribution is 7.89.